The zero-order chi connectivity index (χ0) is 35.8. The van der Waals surface area contributed by atoms with Crippen LogP contribution in [0.5, 0.6) is 11.5 Å². The SMILES string of the molecule is COC(=O)[C@H](C)Cc1cccc([C@@]2(C)CCCC(C)(C)CS(=O)(=O)CCc3c(c(F)cc4[nH]ccc34)Oc3cnnc(c3)-c3nc2nn3C)c1. The van der Waals surface area contributed by atoms with E-state index in [4.69, 9.17) is 19.6 Å². The van der Waals surface area contributed by atoms with Crippen molar-refractivity contribution in [2.45, 2.75) is 65.2 Å². The van der Waals surface area contributed by atoms with Crippen LogP contribution in [-0.2, 0) is 44.7 Å². The average Bonchev–Trinajstić information content (AvgIpc) is 3.70. The summed E-state index contributed by atoms with van der Waals surface area (Å²) in [6, 6.07) is 12.8. The molecule has 264 valence electrons. The number of esters is 1. The maximum Gasteiger partial charge on any atom is 0.308 e. The highest BCUT2D eigenvalue weighted by atomic mass is 32.2. The van der Waals surface area contributed by atoms with Crippen LogP contribution in [-0.4, -0.2) is 62.9 Å². The number of rotatable bonds is 4. The molecule has 0 fully saturated rings. The summed E-state index contributed by atoms with van der Waals surface area (Å²) in [5.74, 6) is -0.241. The van der Waals surface area contributed by atoms with E-state index >= 15 is 4.39 Å². The molecule has 0 amide bonds. The van der Waals surface area contributed by atoms with Gasteiger partial charge in [-0.05, 0) is 55.2 Å². The van der Waals surface area contributed by atoms with E-state index in [1.54, 1.807) is 30.1 Å². The number of hydrogen-bond acceptors (Lipinski definition) is 9. The quantitative estimate of drug-likeness (QED) is 0.208. The van der Waals surface area contributed by atoms with Crippen LogP contribution in [0.4, 0.5) is 4.39 Å². The lowest BCUT2D eigenvalue weighted by molar-refractivity contribution is -0.144. The van der Waals surface area contributed by atoms with Gasteiger partial charge in [0.05, 0.1) is 36.1 Å². The average molecular weight is 703 g/mol. The molecule has 3 aromatic heterocycles. The number of aromatic amines is 1. The van der Waals surface area contributed by atoms with E-state index in [0.717, 1.165) is 11.1 Å². The minimum atomic E-state index is -3.55. The van der Waals surface area contributed by atoms with Gasteiger partial charge in [0.1, 0.15) is 11.4 Å². The lowest BCUT2D eigenvalue weighted by Gasteiger charge is -2.31. The molecular weight excluding hydrogens is 660 g/mol. The third kappa shape index (κ3) is 7.28. The van der Waals surface area contributed by atoms with Gasteiger partial charge >= 0.3 is 5.97 Å². The number of nitrogens with zero attached hydrogens (tertiary/aromatic N) is 5. The molecule has 0 aliphatic carbocycles. The first-order valence-electron chi connectivity index (χ1n) is 16.8. The van der Waals surface area contributed by atoms with Crippen molar-refractivity contribution in [3.63, 3.8) is 0 Å². The van der Waals surface area contributed by atoms with Crippen molar-refractivity contribution in [1.29, 1.82) is 0 Å². The Labute approximate surface area is 291 Å². The third-order valence-electron chi connectivity index (χ3n) is 9.71. The zero-order valence-electron chi connectivity index (χ0n) is 29.3. The summed E-state index contributed by atoms with van der Waals surface area (Å²) in [6.07, 6.45) is 5.60. The number of carbonyl (C=O) groups excluding carboxylic acids is 1. The molecule has 13 heteroatoms. The molecule has 1 aliphatic heterocycles. The number of methoxy groups -OCH3 is 1. The summed E-state index contributed by atoms with van der Waals surface area (Å²) in [7, 11) is -0.384. The van der Waals surface area contributed by atoms with Gasteiger partial charge in [-0.1, -0.05) is 51.5 Å². The summed E-state index contributed by atoms with van der Waals surface area (Å²) in [5.41, 5.74) is 2.11. The van der Waals surface area contributed by atoms with Gasteiger partial charge in [-0.15, -0.1) is 5.10 Å². The van der Waals surface area contributed by atoms with E-state index in [1.807, 2.05) is 39.0 Å². The standard InChI is InChI=1S/C37H43FN6O5S/c1-23(34(45)48-6)17-24-9-7-10-25(18-24)37(4)14-8-13-36(2,3)22-50(46,47)16-12-28-27-11-15-39-30(27)20-29(38)32(28)49-26-19-31(42-40-21-26)33-41-35(37)43-44(33)5/h7,9-11,15,18-21,23,39H,8,12-14,16-17,22H2,1-6H3/t23-,37-/m1/s1. The van der Waals surface area contributed by atoms with E-state index < -0.39 is 26.5 Å². The molecule has 4 bridgehead atoms. The van der Waals surface area contributed by atoms with Gasteiger partial charge in [-0.25, -0.2) is 22.5 Å². The van der Waals surface area contributed by atoms with Crippen molar-refractivity contribution in [2.24, 2.45) is 18.4 Å². The maximum atomic E-state index is 15.7. The van der Waals surface area contributed by atoms with Gasteiger partial charge in [-0.3, -0.25) is 4.79 Å². The Balaban J connectivity index is 1.46. The first-order chi connectivity index (χ1) is 23.7. The van der Waals surface area contributed by atoms with Gasteiger partial charge in [0, 0.05) is 41.8 Å². The molecule has 0 saturated carbocycles. The molecule has 11 nitrogen and oxygen atoms in total. The van der Waals surface area contributed by atoms with Crippen LogP contribution >= 0.6 is 0 Å². The maximum absolute atomic E-state index is 15.7. The van der Waals surface area contributed by atoms with Crippen molar-refractivity contribution < 1.29 is 27.1 Å². The minimum absolute atomic E-state index is 0.0248. The second kappa shape index (κ2) is 13.6. The molecule has 0 spiro atoms. The van der Waals surface area contributed by atoms with Crippen LogP contribution in [0.3, 0.4) is 0 Å². The smallest absolute Gasteiger partial charge is 0.308 e. The molecule has 2 atom stereocenters. The number of nitrogens with one attached hydrogen (secondary N) is 1. The zero-order valence-corrected chi connectivity index (χ0v) is 30.1. The molecule has 1 aliphatic rings. The van der Waals surface area contributed by atoms with Crippen molar-refractivity contribution in [1.82, 2.24) is 29.9 Å². The van der Waals surface area contributed by atoms with Gasteiger partial charge < -0.3 is 14.5 Å². The van der Waals surface area contributed by atoms with Crippen molar-refractivity contribution >= 4 is 26.7 Å². The van der Waals surface area contributed by atoms with Gasteiger partial charge in [0.15, 0.2) is 33.1 Å². The molecule has 6 rings (SSSR count). The number of sulfone groups is 1. The largest absolute Gasteiger partial charge is 0.469 e. The highest BCUT2D eigenvalue weighted by molar-refractivity contribution is 7.91. The molecule has 5 aromatic rings. The van der Waals surface area contributed by atoms with E-state index in [2.05, 4.69) is 28.2 Å². The van der Waals surface area contributed by atoms with Crippen LogP contribution in [0.25, 0.3) is 22.4 Å². The Kier molecular flexibility index (Phi) is 9.55. The second-order valence-electron chi connectivity index (χ2n) is 14.4. The van der Waals surface area contributed by atoms with E-state index in [1.165, 1.54) is 19.4 Å². The summed E-state index contributed by atoms with van der Waals surface area (Å²) in [4.78, 5) is 20.2. The number of hydrogen-bond donors (Lipinski definition) is 1. The van der Waals surface area contributed by atoms with E-state index in [9.17, 15) is 13.2 Å². The molecule has 4 heterocycles. The van der Waals surface area contributed by atoms with Gasteiger partial charge in [0.25, 0.3) is 0 Å². The predicted molar refractivity (Wildman–Crippen MR) is 188 cm³/mol. The molecule has 0 unspecified atom stereocenters. The van der Waals surface area contributed by atoms with Crippen molar-refractivity contribution in [2.75, 3.05) is 18.6 Å². The van der Waals surface area contributed by atoms with Crippen molar-refractivity contribution in [3.8, 4) is 23.0 Å². The number of H-pyrrole nitrogens is 1. The number of carbonyl (C=O) groups is 1. The van der Waals surface area contributed by atoms with Gasteiger partial charge in [0.2, 0.25) is 0 Å². The fraction of sp³-hybridized carbons (Fsp3) is 0.432. The Bertz CT molecular complexity index is 2160. The van der Waals surface area contributed by atoms with Crippen molar-refractivity contribution in [3.05, 3.63) is 83.2 Å². The summed E-state index contributed by atoms with van der Waals surface area (Å²) >= 11 is 0. The molecule has 0 saturated heterocycles. The first kappa shape index (κ1) is 35.2. The molecule has 0 radical (unpaired) electrons. The van der Waals surface area contributed by atoms with E-state index in [0.29, 0.717) is 59.5 Å². The summed E-state index contributed by atoms with van der Waals surface area (Å²) in [5, 5.41) is 14.0. The lowest BCUT2D eigenvalue weighted by atomic mass is 9.75. The Hall–Kier alpha value is -4.65. The molecule has 2 aromatic carbocycles. The number of ether oxygens (including phenoxy) is 2. The number of fused-ring (bicyclic) bond motifs is 8. The fourth-order valence-corrected chi connectivity index (χ4v) is 9.03. The Morgan fingerprint density at radius 3 is 2.74 bits per heavy atom. The first-order valence-corrected chi connectivity index (χ1v) is 18.6. The summed E-state index contributed by atoms with van der Waals surface area (Å²) in [6.45, 7) is 7.87. The third-order valence-corrected chi connectivity index (χ3v) is 11.8. The van der Waals surface area contributed by atoms with Gasteiger partial charge in [-0.2, -0.15) is 10.2 Å². The highest BCUT2D eigenvalue weighted by Crippen LogP contribution is 2.40. The number of benzene rings is 2. The summed E-state index contributed by atoms with van der Waals surface area (Å²) < 4.78 is 55.7. The molecular formula is C37H43FN6O5S. The normalized spacial score (nSPS) is 19.8. The topological polar surface area (TPSA) is 142 Å². The predicted octanol–water partition coefficient (Wildman–Crippen LogP) is 6.51. The Morgan fingerprint density at radius 2 is 1.96 bits per heavy atom. The lowest BCUT2D eigenvalue weighted by Crippen LogP contribution is -2.29. The second-order valence-corrected chi connectivity index (χ2v) is 16.6. The van der Waals surface area contributed by atoms with Crippen LogP contribution in [0.1, 0.15) is 69.5 Å². The number of aromatic nitrogens is 6. The molecule has 1 N–H and O–H groups in total. The van der Waals surface area contributed by atoms with Crippen LogP contribution in [0, 0.1) is 17.2 Å². The fourth-order valence-electron chi connectivity index (χ4n) is 7.04. The minimum Gasteiger partial charge on any atom is -0.469 e. The highest BCUT2D eigenvalue weighted by Gasteiger charge is 2.36. The van der Waals surface area contributed by atoms with E-state index in [-0.39, 0.29) is 41.3 Å². The monoisotopic (exact) mass is 702 g/mol. The van der Waals surface area contributed by atoms with Crippen LogP contribution < -0.4 is 4.74 Å². The number of halogens is 1. The Morgan fingerprint density at radius 1 is 1.16 bits per heavy atom. The number of aryl methyl sites for hydroxylation is 2. The van der Waals surface area contributed by atoms with Crippen LogP contribution in [0.15, 0.2) is 54.9 Å². The molecule has 50 heavy (non-hydrogen) atoms. The van der Waals surface area contributed by atoms with Crippen LogP contribution in [0.2, 0.25) is 0 Å².